The number of fused-ring (bicyclic) bond motifs is 3. The van der Waals surface area contributed by atoms with Crippen LogP contribution in [0.15, 0.2) is 109 Å². The van der Waals surface area contributed by atoms with Crippen LogP contribution in [-0.2, 0) is 57.8 Å². The van der Waals surface area contributed by atoms with Crippen LogP contribution in [0.5, 0.6) is 0 Å². The van der Waals surface area contributed by atoms with E-state index in [1.807, 2.05) is 20.8 Å². The Labute approximate surface area is 398 Å². The van der Waals surface area contributed by atoms with Gasteiger partial charge < -0.3 is 0 Å². The Hall–Kier alpha value is -8.07. The molecule has 4 aromatic rings. The van der Waals surface area contributed by atoms with Gasteiger partial charge in [-0.1, -0.05) is 76.5 Å². The Bertz CT molecular complexity index is 2850. The van der Waals surface area contributed by atoms with Crippen molar-refractivity contribution in [2.45, 2.75) is 97.8 Å². The van der Waals surface area contributed by atoms with E-state index >= 15 is 14.4 Å². The van der Waals surface area contributed by atoms with Crippen LogP contribution >= 0.6 is 0 Å². The largest absolute Gasteiger partial charge is 0.376 e. The standard InChI is InChI=1S/C54H54N6O9/c1-10-19-31-28-40-43(37(25-16-7)34(31)22-13-4)49(64)55(46(40)61)58-52(67)59(56-47(62)41-29-32(20-11-2)35(23-14-5)38(26-17-8)44(41)50(56)65)54(69)60(53(58)68)57-48(63)42-30-33(21-12-3)36(24-15-6)39(27-18-9)45(42)51(57)66/h10-15,28-30H,1-6,16-27H2,7-9H3. The van der Waals surface area contributed by atoms with Gasteiger partial charge in [-0.25, -0.2) is 14.4 Å². The van der Waals surface area contributed by atoms with Crippen molar-refractivity contribution in [3.63, 3.8) is 0 Å². The van der Waals surface area contributed by atoms with E-state index in [0.29, 0.717) is 69.3 Å². The summed E-state index contributed by atoms with van der Waals surface area (Å²) in [6.07, 6.45) is 13.8. The average molecular weight is 931 g/mol. The fraction of sp³-hybridized carbons (Fsp3) is 0.278. The normalized spacial score (nSPS) is 13.9. The molecule has 0 saturated heterocycles. The number of benzene rings is 3. The van der Waals surface area contributed by atoms with E-state index < -0.39 is 52.5 Å². The zero-order valence-corrected chi connectivity index (χ0v) is 39.3. The van der Waals surface area contributed by atoms with Gasteiger partial charge in [0.15, 0.2) is 0 Å². The van der Waals surface area contributed by atoms with Crippen LogP contribution < -0.4 is 32.1 Å². The number of nitrogens with zero attached hydrogens (tertiary/aromatic N) is 6. The van der Waals surface area contributed by atoms with Crippen LogP contribution in [0.25, 0.3) is 0 Å². The highest BCUT2D eigenvalue weighted by atomic mass is 16.2. The number of carbonyl (C=O) groups is 6. The highest BCUT2D eigenvalue weighted by Crippen LogP contribution is 2.36. The van der Waals surface area contributed by atoms with Gasteiger partial charge in [-0.3, -0.25) is 28.8 Å². The number of amides is 6. The van der Waals surface area contributed by atoms with Crippen molar-refractivity contribution < 1.29 is 28.8 Å². The van der Waals surface area contributed by atoms with Crippen molar-refractivity contribution in [2.75, 3.05) is 15.0 Å². The second kappa shape index (κ2) is 19.6. The van der Waals surface area contributed by atoms with Crippen LogP contribution in [0.1, 0.15) is 152 Å². The first-order valence-electron chi connectivity index (χ1n) is 23.1. The molecule has 4 heterocycles. The second-order valence-corrected chi connectivity index (χ2v) is 17.0. The van der Waals surface area contributed by atoms with E-state index in [1.54, 1.807) is 36.5 Å². The molecule has 0 spiro atoms. The smallest absolute Gasteiger partial charge is 0.267 e. The summed E-state index contributed by atoms with van der Waals surface area (Å²) in [7, 11) is 0. The third-order valence-electron chi connectivity index (χ3n) is 12.7. The SMILES string of the molecule is C=CCc1cc2c(c(CCC)c1CC=C)C(=O)N(n1c(=O)n(N3C(=O)c4cc(CC=C)c(CC=C)c(CCC)c4C3=O)c(=O)n(N3C(=O)c4cc(CC=C)c(CC=C)c(CCC)c4C3=O)c1=O)C2=O. The van der Waals surface area contributed by atoms with E-state index in [-0.39, 0.29) is 120 Å². The van der Waals surface area contributed by atoms with Gasteiger partial charge >= 0.3 is 17.1 Å². The van der Waals surface area contributed by atoms with Crippen molar-refractivity contribution in [1.29, 1.82) is 0 Å². The van der Waals surface area contributed by atoms with Gasteiger partial charge in [0.2, 0.25) is 0 Å². The molecule has 69 heavy (non-hydrogen) atoms. The summed E-state index contributed by atoms with van der Waals surface area (Å²) >= 11 is 0. The molecule has 0 fully saturated rings. The fourth-order valence-corrected chi connectivity index (χ4v) is 10.1. The van der Waals surface area contributed by atoms with Gasteiger partial charge in [-0.15, -0.1) is 53.5 Å². The Morgan fingerprint density at radius 1 is 0.348 bits per heavy atom. The first kappa shape index (κ1) is 48.9. The van der Waals surface area contributed by atoms with Crippen molar-refractivity contribution in [1.82, 2.24) is 14.0 Å². The fourth-order valence-electron chi connectivity index (χ4n) is 10.1. The quantitative estimate of drug-likeness (QED) is 0.0696. The molecular weight excluding hydrogens is 877 g/mol. The summed E-state index contributed by atoms with van der Waals surface area (Å²) in [5.74, 6) is -6.91. The molecule has 3 aliphatic heterocycles. The predicted octanol–water partition coefficient (Wildman–Crippen LogP) is 6.20. The molecule has 0 saturated carbocycles. The molecule has 15 heteroatoms. The molecule has 1 aromatic heterocycles. The van der Waals surface area contributed by atoms with Gasteiger partial charge in [0.05, 0.1) is 33.4 Å². The molecule has 0 aliphatic carbocycles. The average Bonchev–Trinajstić information content (AvgIpc) is 3.81. The maximum Gasteiger partial charge on any atom is 0.376 e. The summed E-state index contributed by atoms with van der Waals surface area (Å²) in [6.45, 7) is 28.7. The highest BCUT2D eigenvalue weighted by Gasteiger charge is 2.49. The maximum absolute atomic E-state index is 15.2. The van der Waals surface area contributed by atoms with E-state index in [2.05, 4.69) is 39.5 Å². The Morgan fingerprint density at radius 2 is 0.580 bits per heavy atom. The molecule has 3 aliphatic rings. The second-order valence-electron chi connectivity index (χ2n) is 17.0. The molecular formula is C54H54N6O9. The molecule has 6 amide bonds. The van der Waals surface area contributed by atoms with Gasteiger partial charge in [-0.2, -0.15) is 15.0 Å². The molecule has 0 N–H and O–H groups in total. The highest BCUT2D eigenvalue weighted by molar-refractivity contribution is 6.33. The Kier molecular flexibility index (Phi) is 13.9. The Morgan fingerprint density at radius 3 is 0.783 bits per heavy atom. The minimum absolute atomic E-state index is 0.00765. The van der Waals surface area contributed by atoms with Crippen molar-refractivity contribution >= 4 is 35.4 Å². The molecule has 3 aromatic carbocycles. The van der Waals surface area contributed by atoms with Gasteiger partial charge in [0.25, 0.3) is 35.4 Å². The van der Waals surface area contributed by atoms with Crippen LogP contribution in [-0.4, -0.2) is 49.5 Å². The van der Waals surface area contributed by atoms with Crippen LogP contribution in [0.3, 0.4) is 0 Å². The monoisotopic (exact) mass is 930 g/mol. The van der Waals surface area contributed by atoms with E-state index in [1.165, 1.54) is 18.2 Å². The number of hydrogen-bond acceptors (Lipinski definition) is 9. The Balaban J connectivity index is 1.58. The topological polar surface area (TPSA) is 178 Å². The molecule has 15 nitrogen and oxygen atoms in total. The lowest BCUT2D eigenvalue weighted by molar-refractivity contribution is 0.0874. The van der Waals surface area contributed by atoms with E-state index in [9.17, 15) is 28.8 Å². The van der Waals surface area contributed by atoms with Gasteiger partial charge in [-0.05, 0) is 126 Å². The van der Waals surface area contributed by atoms with E-state index in [0.717, 1.165) is 0 Å². The summed E-state index contributed by atoms with van der Waals surface area (Å²) < 4.78 is 0.0229. The minimum Gasteiger partial charge on any atom is -0.267 e. The van der Waals surface area contributed by atoms with Crippen LogP contribution in [0.4, 0.5) is 0 Å². The molecule has 354 valence electrons. The molecule has 0 unspecified atom stereocenters. The van der Waals surface area contributed by atoms with Gasteiger partial charge in [0, 0.05) is 0 Å². The molecule has 0 atom stereocenters. The van der Waals surface area contributed by atoms with E-state index in [4.69, 9.17) is 0 Å². The number of aromatic nitrogens is 3. The number of allylic oxidation sites excluding steroid dienone is 6. The maximum atomic E-state index is 15.2. The first-order chi connectivity index (χ1) is 33.2. The van der Waals surface area contributed by atoms with Crippen LogP contribution in [0.2, 0.25) is 0 Å². The summed E-state index contributed by atoms with van der Waals surface area (Å²) in [5, 5.41) is 0.686. The molecule has 0 radical (unpaired) electrons. The summed E-state index contributed by atoms with van der Waals surface area (Å²) in [5.41, 5.74) is -0.899. The molecule has 7 rings (SSSR count). The zero-order chi connectivity index (χ0) is 50.2. The zero-order valence-electron chi connectivity index (χ0n) is 39.3. The van der Waals surface area contributed by atoms with Gasteiger partial charge in [0.1, 0.15) is 0 Å². The van der Waals surface area contributed by atoms with Crippen molar-refractivity contribution in [2.24, 2.45) is 0 Å². The third-order valence-corrected chi connectivity index (χ3v) is 12.7. The van der Waals surface area contributed by atoms with Crippen molar-refractivity contribution in [3.8, 4) is 0 Å². The lowest BCUT2D eigenvalue weighted by Crippen LogP contribution is -2.70. The minimum atomic E-state index is -1.78. The summed E-state index contributed by atoms with van der Waals surface area (Å²) in [4.78, 5) is 135. The number of imide groups is 3. The number of carbonyl (C=O) groups excluding carboxylic acids is 6. The third kappa shape index (κ3) is 7.58. The lowest BCUT2D eigenvalue weighted by atomic mass is 9.87. The van der Waals surface area contributed by atoms with Crippen molar-refractivity contribution in [3.05, 3.63) is 209 Å². The number of hydrogen-bond donors (Lipinski definition) is 0. The lowest BCUT2D eigenvalue weighted by Gasteiger charge is -2.24. The predicted molar refractivity (Wildman–Crippen MR) is 265 cm³/mol. The number of rotatable bonds is 21. The van der Waals surface area contributed by atoms with Crippen LogP contribution in [0, 0.1) is 0 Å². The first-order valence-corrected chi connectivity index (χ1v) is 23.1. The molecule has 0 bridgehead atoms. The summed E-state index contributed by atoms with van der Waals surface area (Å²) in [6, 6.07) is 4.41.